The number of benzene rings is 4. The molecule has 63 heavy (non-hydrogen) atoms. The lowest BCUT2D eigenvalue weighted by Gasteiger charge is -2.18. The Balaban J connectivity index is 1.17. The third-order valence-corrected chi connectivity index (χ3v) is 8.77. The fraction of sp³-hybridized carbons (Fsp3) is 0.479. The Labute approximate surface area is 371 Å². The number of hydrogen-bond donors (Lipinski definition) is 0. The molecule has 15 heteroatoms. The standard InChI is InChI=1S/C48H64O15/c1-50-44-15-13-42(14-16-44)39-60-28-25-54-19-22-57-31-34-63-47-45(61-32-29-55-20-17-52-23-26-58-37-40-9-5-3-6-10-40)35-43(48(49)51-2)36-46(47)62-33-30-56-21-18-53-24-27-59-38-41-11-7-4-8-12-41/h3-16,35-36H,17-34,37-39H2,1-2H3. The van der Waals surface area contributed by atoms with E-state index in [-0.39, 0.29) is 56.7 Å². The summed E-state index contributed by atoms with van der Waals surface area (Å²) in [6.07, 6.45) is 0. The van der Waals surface area contributed by atoms with Crippen LogP contribution in [0.15, 0.2) is 97.1 Å². The highest BCUT2D eigenvalue weighted by atomic mass is 16.6. The van der Waals surface area contributed by atoms with Crippen LogP contribution in [0.2, 0.25) is 0 Å². The number of ether oxygens (including phenoxy) is 14. The van der Waals surface area contributed by atoms with Crippen LogP contribution >= 0.6 is 0 Å². The van der Waals surface area contributed by atoms with Crippen molar-refractivity contribution in [2.24, 2.45) is 0 Å². The molecule has 0 amide bonds. The van der Waals surface area contributed by atoms with Crippen molar-refractivity contribution in [3.63, 3.8) is 0 Å². The van der Waals surface area contributed by atoms with Gasteiger partial charge in [0.1, 0.15) is 25.6 Å². The third-order valence-electron chi connectivity index (χ3n) is 8.77. The minimum Gasteiger partial charge on any atom is -0.497 e. The fourth-order valence-corrected chi connectivity index (χ4v) is 5.55. The Kier molecular flexibility index (Phi) is 27.2. The molecule has 0 saturated carbocycles. The van der Waals surface area contributed by atoms with E-state index in [9.17, 15) is 4.79 Å². The van der Waals surface area contributed by atoms with E-state index in [0.717, 1.165) is 22.4 Å². The average Bonchev–Trinajstić information content (AvgIpc) is 3.32. The summed E-state index contributed by atoms with van der Waals surface area (Å²) >= 11 is 0. The molecule has 0 aliphatic rings. The normalized spacial score (nSPS) is 11.1. The monoisotopic (exact) mass is 880 g/mol. The number of carbonyl (C=O) groups excluding carboxylic acids is 1. The van der Waals surface area contributed by atoms with Crippen LogP contribution in [0, 0.1) is 0 Å². The lowest BCUT2D eigenvalue weighted by Crippen LogP contribution is -2.16. The van der Waals surface area contributed by atoms with E-state index in [4.69, 9.17) is 66.3 Å². The second-order valence-corrected chi connectivity index (χ2v) is 13.5. The summed E-state index contributed by atoms with van der Waals surface area (Å²) in [5.41, 5.74) is 3.51. The van der Waals surface area contributed by atoms with Crippen molar-refractivity contribution in [2.75, 3.05) is 133 Å². The van der Waals surface area contributed by atoms with Crippen LogP contribution < -0.4 is 18.9 Å². The van der Waals surface area contributed by atoms with Gasteiger partial charge in [-0.3, -0.25) is 0 Å². The molecule has 0 aliphatic heterocycles. The molecule has 0 aromatic heterocycles. The molecular weight excluding hydrogens is 817 g/mol. The first-order chi connectivity index (χ1) is 31.2. The average molecular weight is 881 g/mol. The number of hydrogen-bond acceptors (Lipinski definition) is 15. The van der Waals surface area contributed by atoms with Crippen LogP contribution in [0.1, 0.15) is 27.0 Å². The molecule has 15 nitrogen and oxygen atoms in total. The molecule has 4 aromatic carbocycles. The first-order valence-corrected chi connectivity index (χ1v) is 21.2. The minimum absolute atomic E-state index is 0.165. The molecule has 346 valence electrons. The molecule has 0 spiro atoms. The molecule has 0 saturated heterocycles. The Bertz CT molecular complexity index is 1640. The lowest BCUT2D eigenvalue weighted by atomic mass is 10.2. The van der Waals surface area contributed by atoms with Gasteiger partial charge in [-0.25, -0.2) is 4.79 Å². The molecule has 4 aromatic rings. The van der Waals surface area contributed by atoms with Crippen molar-refractivity contribution in [3.05, 3.63) is 119 Å². The summed E-state index contributed by atoms with van der Waals surface area (Å²) in [6.45, 7) is 7.90. The summed E-state index contributed by atoms with van der Waals surface area (Å²) in [5, 5.41) is 0. The maximum Gasteiger partial charge on any atom is 0.338 e. The Morgan fingerprint density at radius 2 is 0.714 bits per heavy atom. The summed E-state index contributed by atoms with van der Waals surface area (Å²) < 4.78 is 79.6. The van der Waals surface area contributed by atoms with Crippen molar-refractivity contribution in [2.45, 2.75) is 19.8 Å². The van der Waals surface area contributed by atoms with E-state index in [0.29, 0.717) is 105 Å². The zero-order valence-electron chi connectivity index (χ0n) is 36.7. The molecule has 0 atom stereocenters. The summed E-state index contributed by atoms with van der Waals surface area (Å²) in [4.78, 5) is 12.7. The van der Waals surface area contributed by atoms with Crippen LogP contribution in [0.3, 0.4) is 0 Å². The van der Waals surface area contributed by atoms with Gasteiger partial charge in [-0.05, 0) is 41.0 Å². The molecule has 4 rings (SSSR count). The van der Waals surface area contributed by atoms with Crippen molar-refractivity contribution >= 4 is 5.97 Å². The molecule has 0 radical (unpaired) electrons. The Morgan fingerprint density at radius 1 is 0.381 bits per heavy atom. The van der Waals surface area contributed by atoms with Gasteiger partial charge in [0, 0.05) is 0 Å². The predicted octanol–water partition coefficient (Wildman–Crippen LogP) is 6.37. The zero-order valence-corrected chi connectivity index (χ0v) is 36.7. The van der Waals surface area contributed by atoms with Gasteiger partial charge in [0.25, 0.3) is 0 Å². The summed E-state index contributed by atoms with van der Waals surface area (Å²) in [6, 6.07) is 30.8. The second-order valence-electron chi connectivity index (χ2n) is 13.5. The number of esters is 1. The van der Waals surface area contributed by atoms with Crippen LogP contribution in [0.4, 0.5) is 0 Å². The highest BCUT2D eigenvalue weighted by molar-refractivity contribution is 5.91. The van der Waals surface area contributed by atoms with Gasteiger partial charge in [0.2, 0.25) is 5.75 Å². The van der Waals surface area contributed by atoms with E-state index >= 15 is 0 Å². The largest absolute Gasteiger partial charge is 0.497 e. The minimum atomic E-state index is -0.562. The summed E-state index contributed by atoms with van der Waals surface area (Å²) in [5.74, 6) is 1.11. The molecule has 0 aliphatic carbocycles. The van der Waals surface area contributed by atoms with Gasteiger partial charge >= 0.3 is 5.97 Å². The highest BCUT2D eigenvalue weighted by Crippen LogP contribution is 2.39. The maximum atomic E-state index is 12.7. The molecule has 0 heterocycles. The molecule has 0 N–H and O–H groups in total. The molecule has 0 bridgehead atoms. The maximum absolute atomic E-state index is 12.7. The molecule has 0 unspecified atom stereocenters. The Morgan fingerprint density at radius 3 is 1.08 bits per heavy atom. The van der Waals surface area contributed by atoms with Crippen molar-refractivity contribution < 1.29 is 71.1 Å². The topological polar surface area (TPSA) is 146 Å². The first-order valence-electron chi connectivity index (χ1n) is 21.2. The van der Waals surface area contributed by atoms with Crippen molar-refractivity contribution in [1.29, 1.82) is 0 Å². The third kappa shape index (κ3) is 22.9. The van der Waals surface area contributed by atoms with E-state index < -0.39 is 5.97 Å². The van der Waals surface area contributed by atoms with Gasteiger partial charge < -0.3 is 66.3 Å². The van der Waals surface area contributed by atoms with Crippen molar-refractivity contribution in [1.82, 2.24) is 0 Å². The highest BCUT2D eigenvalue weighted by Gasteiger charge is 2.20. The van der Waals surface area contributed by atoms with Crippen LogP contribution in [-0.2, 0) is 67.2 Å². The molecular formula is C48H64O15. The first kappa shape index (κ1) is 50.8. The van der Waals surface area contributed by atoms with Crippen LogP contribution in [0.5, 0.6) is 23.0 Å². The fourth-order valence-electron chi connectivity index (χ4n) is 5.55. The van der Waals surface area contributed by atoms with E-state index in [1.807, 2.05) is 84.9 Å². The quantitative estimate of drug-likeness (QED) is 0.0363. The van der Waals surface area contributed by atoms with Gasteiger partial charge in [0.05, 0.1) is 139 Å². The number of rotatable bonds is 38. The van der Waals surface area contributed by atoms with Gasteiger partial charge in [-0.1, -0.05) is 72.8 Å². The number of methoxy groups -OCH3 is 2. The SMILES string of the molecule is COC(=O)c1cc(OCCOCCOCCOCc2ccccc2)c(OCCOCCOCCOCc2ccc(OC)cc2)c(OCCOCCOCCOCc2ccccc2)c1. The van der Waals surface area contributed by atoms with E-state index in [1.165, 1.54) is 7.11 Å². The predicted molar refractivity (Wildman–Crippen MR) is 234 cm³/mol. The second kappa shape index (κ2) is 33.7. The van der Waals surface area contributed by atoms with Crippen molar-refractivity contribution in [3.8, 4) is 23.0 Å². The molecule has 0 fully saturated rings. The van der Waals surface area contributed by atoms with E-state index in [2.05, 4.69) is 0 Å². The van der Waals surface area contributed by atoms with Gasteiger partial charge in [-0.15, -0.1) is 0 Å². The lowest BCUT2D eigenvalue weighted by molar-refractivity contribution is 0.00366. The van der Waals surface area contributed by atoms with Gasteiger partial charge in [-0.2, -0.15) is 0 Å². The van der Waals surface area contributed by atoms with E-state index in [1.54, 1.807) is 19.2 Å². The summed E-state index contributed by atoms with van der Waals surface area (Å²) in [7, 11) is 2.94. The van der Waals surface area contributed by atoms with Crippen LogP contribution in [-0.4, -0.2) is 139 Å². The number of carbonyl (C=O) groups is 1. The van der Waals surface area contributed by atoms with Crippen LogP contribution in [0.25, 0.3) is 0 Å². The smallest absolute Gasteiger partial charge is 0.338 e. The Hall–Kier alpha value is -4.81. The zero-order chi connectivity index (χ0) is 44.3. The van der Waals surface area contributed by atoms with Gasteiger partial charge in [0.15, 0.2) is 11.5 Å².